The van der Waals surface area contributed by atoms with E-state index < -0.39 is 0 Å². The number of hydrogen-bond donors (Lipinski definition) is 1. The standard InChI is InChI=1S/C20H21ClN2O4/c21-17-11-14(12-18-19(17)27-8-2-7-26-18)20(24)22-15-3-1-4-16(13-15)23-5-9-25-10-6-23/h1,3-4,11-13H,2,5-10H2,(H,22,24). The summed E-state index contributed by atoms with van der Waals surface area (Å²) in [5.41, 5.74) is 2.22. The van der Waals surface area contributed by atoms with Crippen LogP contribution in [-0.2, 0) is 4.74 Å². The normalized spacial score (nSPS) is 16.6. The quantitative estimate of drug-likeness (QED) is 0.870. The molecular formula is C20H21ClN2O4. The predicted molar refractivity (Wildman–Crippen MR) is 104 cm³/mol. The fourth-order valence-electron chi connectivity index (χ4n) is 3.17. The molecule has 1 fully saturated rings. The second-order valence-corrected chi connectivity index (χ2v) is 6.85. The van der Waals surface area contributed by atoms with Crippen LogP contribution < -0.4 is 19.7 Å². The Kier molecular flexibility index (Phi) is 5.36. The number of ether oxygens (including phenoxy) is 3. The zero-order valence-electron chi connectivity index (χ0n) is 14.9. The molecule has 6 nitrogen and oxygen atoms in total. The van der Waals surface area contributed by atoms with E-state index in [4.69, 9.17) is 25.8 Å². The summed E-state index contributed by atoms with van der Waals surface area (Å²) in [5.74, 6) is 0.763. The number of nitrogens with one attached hydrogen (secondary N) is 1. The van der Waals surface area contributed by atoms with Crippen LogP contribution in [0.1, 0.15) is 16.8 Å². The van der Waals surface area contributed by atoms with E-state index in [9.17, 15) is 4.79 Å². The van der Waals surface area contributed by atoms with Crippen LogP contribution in [0.5, 0.6) is 11.5 Å². The van der Waals surface area contributed by atoms with Gasteiger partial charge in [-0.3, -0.25) is 4.79 Å². The molecule has 0 aliphatic carbocycles. The minimum atomic E-state index is -0.244. The Balaban J connectivity index is 1.52. The molecule has 142 valence electrons. The Hall–Kier alpha value is -2.44. The summed E-state index contributed by atoms with van der Waals surface area (Å²) >= 11 is 6.29. The van der Waals surface area contributed by atoms with Gasteiger partial charge in [0, 0.05) is 36.4 Å². The maximum absolute atomic E-state index is 12.7. The Morgan fingerprint density at radius 3 is 2.70 bits per heavy atom. The van der Waals surface area contributed by atoms with Crippen molar-refractivity contribution in [3.05, 3.63) is 47.0 Å². The predicted octanol–water partition coefficient (Wildman–Crippen LogP) is 3.59. The molecular weight excluding hydrogens is 368 g/mol. The highest BCUT2D eigenvalue weighted by atomic mass is 35.5. The third kappa shape index (κ3) is 4.12. The van der Waals surface area contributed by atoms with Crippen molar-refractivity contribution in [1.82, 2.24) is 0 Å². The molecule has 7 heteroatoms. The minimum absolute atomic E-state index is 0.244. The summed E-state index contributed by atoms with van der Waals surface area (Å²) < 4.78 is 16.7. The Labute approximate surface area is 163 Å². The minimum Gasteiger partial charge on any atom is -0.489 e. The van der Waals surface area contributed by atoms with Crippen LogP contribution in [0.4, 0.5) is 11.4 Å². The molecule has 0 aromatic heterocycles. The molecule has 4 rings (SSSR count). The zero-order valence-corrected chi connectivity index (χ0v) is 15.6. The number of carbonyl (C=O) groups excluding carboxylic acids is 1. The van der Waals surface area contributed by atoms with Crippen LogP contribution in [-0.4, -0.2) is 45.4 Å². The molecule has 0 bridgehead atoms. The average molecular weight is 389 g/mol. The number of morpholine rings is 1. The van der Waals surface area contributed by atoms with Crippen molar-refractivity contribution in [3.63, 3.8) is 0 Å². The molecule has 2 aromatic rings. The molecule has 0 unspecified atom stereocenters. The first kappa shape index (κ1) is 17.9. The molecule has 27 heavy (non-hydrogen) atoms. The van der Waals surface area contributed by atoms with Gasteiger partial charge in [0.15, 0.2) is 11.5 Å². The number of anilines is 2. The van der Waals surface area contributed by atoms with E-state index in [-0.39, 0.29) is 5.91 Å². The van der Waals surface area contributed by atoms with Gasteiger partial charge in [0.05, 0.1) is 31.5 Å². The maximum atomic E-state index is 12.7. The third-order valence-corrected chi connectivity index (χ3v) is 4.83. The number of halogens is 1. The van der Waals surface area contributed by atoms with Crippen molar-refractivity contribution in [3.8, 4) is 11.5 Å². The monoisotopic (exact) mass is 388 g/mol. The lowest BCUT2D eigenvalue weighted by molar-refractivity contribution is 0.102. The van der Waals surface area contributed by atoms with E-state index >= 15 is 0 Å². The molecule has 2 aliphatic rings. The van der Waals surface area contributed by atoms with Crippen LogP contribution in [0.15, 0.2) is 36.4 Å². The molecule has 2 aromatic carbocycles. The van der Waals surface area contributed by atoms with Gasteiger partial charge in [-0.25, -0.2) is 0 Å². The van der Waals surface area contributed by atoms with Crippen molar-refractivity contribution in [1.29, 1.82) is 0 Å². The zero-order chi connectivity index (χ0) is 18.6. The number of rotatable bonds is 3. The van der Waals surface area contributed by atoms with Crippen molar-refractivity contribution in [2.45, 2.75) is 6.42 Å². The van der Waals surface area contributed by atoms with Gasteiger partial charge in [0.2, 0.25) is 0 Å². The molecule has 0 atom stereocenters. The van der Waals surface area contributed by atoms with E-state index in [1.807, 2.05) is 24.3 Å². The van der Waals surface area contributed by atoms with Crippen LogP contribution in [0.3, 0.4) is 0 Å². The molecule has 0 saturated carbocycles. The summed E-state index contributed by atoms with van der Waals surface area (Å²) in [4.78, 5) is 15.0. The summed E-state index contributed by atoms with van der Waals surface area (Å²) in [5, 5.41) is 3.31. The summed E-state index contributed by atoms with van der Waals surface area (Å²) in [6.07, 6.45) is 0.779. The molecule has 2 aliphatic heterocycles. The Morgan fingerprint density at radius 2 is 1.85 bits per heavy atom. The first-order valence-electron chi connectivity index (χ1n) is 9.04. The van der Waals surface area contributed by atoms with E-state index in [1.165, 1.54) is 0 Å². The molecule has 1 N–H and O–H groups in total. The van der Waals surface area contributed by atoms with Gasteiger partial charge in [-0.2, -0.15) is 0 Å². The fraction of sp³-hybridized carbons (Fsp3) is 0.350. The lowest BCUT2D eigenvalue weighted by Gasteiger charge is -2.29. The summed E-state index contributed by atoms with van der Waals surface area (Å²) in [7, 11) is 0. The van der Waals surface area contributed by atoms with Gasteiger partial charge in [-0.05, 0) is 30.3 Å². The summed E-state index contributed by atoms with van der Waals surface area (Å²) in [6.45, 7) is 4.20. The Bertz CT molecular complexity index is 837. The third-order valence-electron chi connectivity index (χ3n) is 4.54. The molecule has 1 amide bonds. The van der Waals surface area contributed by atoms with Gasteiger partial charge < -0.3 is 24.4 Å². The van der Waals surface area contributed by atoms with Crippen molar-refractivity contribution >= 4 is 28.9 Å². The average Bonchev–Trinajstić information content (AvgIpc) is 2.95. The lowest BCUT2D eigenvalue weighted by atomic mass is 10.1. The first-order valence-corrected chi connectivity index (χ1v) is 9.42. The van der Waals surface area contributed by atoms with Gasteiger partial charge in [0.25, 0.3) is 5.91 Å². The van der Waals surface area contributed by atoms with Crippen molar-refractivity contribution < 1.29 is 19.0 Å². The highest BCUT2D eigenvalue weighted by Crippen LogP contribution is 2.38. The van der Waals surface area contributed by atoms with Crippen LogP contribution in [0.2, 0.25) is 5.02 Å². The van der Waals surface area contributed by atoms with E-state index in [1.54, 1.807) is 12.1 Å². The van der Waals surface area contributed by atoms with Crippen molar-refractivity contribution in [2.24, 2.45) is 0 Å². The second kappa shape index (κ2) is 8.06. The largest absolute Gasteiger partial charge is 0.489 e. The van der Waals surface area contributed by atoms with Crippen LogP contribution in [0.25, 0.3) is 0 Å². The molecule has 0 radical (unpaired) electrons. The van der Waals surface area contributed by atoms with E-state index in [2.05, 4.69) is 10.2 Å². The SMILES string of the molecule is O=C(Nc1cccc(N2CCOCC2)c1)c1cc(Cl)c2c(c1)OCCCO2. The maximum Gasteiger partial charge on any atom is 0.255 e. The second-order valence-electron chi connectivity index (χ2n) is 6.44. The van der Waals surface area contributed by atoms with Gasteiger partial charge in [-0.1, -0.05) is 17.7 Å². The number of benzene rings is 2. The number of nitrogens with zero attached hydrogens (tertiary/aromatic N) is 1. The molecule has 1 saturated heterocycles. The summed E-state index contributed by atoms with van der Waals surface area (Å²) in [6, 6.07) is 11.1. The molecule has 2 heterocycles. The highest BCUT2D eigenvalue weighted by Gasteiger charge is 2.19. The molecule has 0 spiro atoms. The Morgan fingerprint density at radius 1 is 1.04 bits per heavy atom. The topological polar surface area (TPSA) is 60.0 Å². The van der Waals surface area contributed by atoms with Crippen LogP contribution in [0, 0.1) is 0 Å². The smallest absolute Gasteiger partial charge is 0.255 e. The van der Waals surface area contributed by atoms with Gasteiger partial charge in [0.1, 0.15) is 0 Å². The highest BCUT2D eigenvalue weighted by molar-refractivity contribution is 6.32. The van der Waals surface area contributed by atoms with Crippen molar-refractivity contribution in [2.75, 3.05) is 49.7 Å². The first-order chi connectivity index (χ1) is 13.2. The van der Waals surface area contributed by atoms with E-state index in [0.29, 0.717) is 48.5 Å². The number of amides is 1. The van der Waals surface area contributed by atoms with Gasteiger partial charge in [-0.15, -0.1) is 0 Å². The van der Waals surface area contributed by atoms with E-state index in [0.717, 1.165) is 30.9 Å². The number of fused-ring (bicyclic) bond motifs is 1. The number of carbonyl (C=O) groups is 1. The van der Waals surface area contributed by atoms with Gasteiger partial charge >= 0.3 is 0 Å². The fourth-order valence-corrected chi connectivity index (χ4v) is 3.43. The lowest BCUT2D eigenvalue weighted by Crippen LogP contribution is -2.36. The number of hydrogen-bond acceptors (Lipinski definition) is 5. The van der Waals surface area contributed by atoms with Crippen LogP contribution >= 0.6 is 11.6 Å².